The molecule has 0 spiro atoms. The second-order valence-electron chi connectivity index (χ2n) is 3.62. The van der Waals surface area contributed by atoms with Crippen molar-refractivity contribution in [2.45, 2.75) is 26.1 Å². The van der Waals surface area contributed by atoms with E-state index in [1.807, 2.05) is 0 Å². The van der Waals surface area contributed by atoms with E-state index >= 15 is 0 Å². The van der Waals surface area contributed by atoms with Gasteiger partial charge in [-0.15, -0.1) is 0 Å². The molecule has 0 aliphatic carbocycles. The first-order valence-electron chi connectivity index (χ1n) is 4.71. The van der Waals surface area contributed by atoms with E-state index in [1.165, 1.54) is 0 Å². The first-order valence-corrected chi connectivity index (χ1v) is 4.71. The number of rotatable bonds is 2. The van der Waals surface area contributed by atoms with E-state index in [9.17, 15) is 0 Å². The molecule has 2 N–H and O–H groups in total. The van der Waals surface area contributed by atoms with Gasteiger partial charge >= 0.3 is 0 Å². The minimum Gasteiger partial charge on any atom is -0.396 e. The molecule has 13 heavy (non-hydrogen) atoms. The zero-order chi connectivity index (χ0) is 9.73. The maximum absolute atomic E-state index is 8.76. The van der Waals surface area contributed by atoms with Gasteiger partial charge in [0.05, 0.1) is 26.4 Å². The summed E-state index contributed by atoms with van der Waals surface area (Å²) in [4.78, 5) is 0. The summed E-state index contributed by atoms with van der Waals surface area (Å²) in [6.45, 7) is 4.60. The van der Waals surface area contributed by atoms with Crippen molar-refractivity contribution in [3.05, 3.63) is 0 Å². The largest absolute Gasteiger partial charge is 0.396 e. The maximum atomic E-state index is 8.76. The number of ether oxygens (including phenoxy) is 2. The summed E-state index contributed by atoms with van der Waals surface area (Å²) < 4.78 is 9.45. The number of hydrogen-bond acceptors (Lipinski definition) is 4. The third-order valence-electron chi connectivity index (χ3n) is 2.58. The molecule has 1 atom stereocenters. The lowest BCUT2D eigenvalue weighted by molar-refractivity contribution is -0.182. The summed E-state index contributed by atoms with van der Waals surface area (Å²) in [5.41, 5.74) is 0.139. The molecule has 1 unspecified atom stereocenters. The fraction of sp³-hybridized carbons (Fsp3) is 1.00. The number of aliphatic hydroxyl groups is 2. The summed E-state index contributed by atoms with van der Waals surface area (Å²) in [5.74, 6) is 0. The molecule has 2 fully saturated rings. The molecule has 2 saturated heterocycles. The van der Waals surface area contributed by atoms with Crippen molar-refractivity contribution in [1.29, 1.82) is 0 Å². The van der Waals surface area contributed by atoms with Gasteiger partial charge in [-0.25, -0.2) is 0 Å². The van der Waals surface area contributed by atoms with Crippen LogP contribution in [0.15, 0.2) is 0 Å². The van der Waals surface area contributed by atoms with Crippen LogP contribution in [0.5, 0.6) is 0 Å². The fourth-order valence-corrected chi connectivity index (χ4v) is 1.02. The Hall–Kier alpha value is -0.160. The molecule has 78 valence electrons. The molecule has 0 aromatic carbocycles. The Morgan fingerprint density at radius 1 is 1.46 bits per heavy atom. The minimum atomic E-state index is -0.435. The summed E-state index contributed by atoms with van der Waals surface area (Å²) in [7, 11) is 0. The van der Waals surface area contributed by atoms with Crippen molar-refractivity contribution in [2.75, 3.05) is 26.4 Å². The highest BCUT2D eigenvalue weighted by atomic mass is 16.6. The van der Waals surface area contributed by atoms with Crippen LogP contribution in [0.4, 0.5) is 0 Å². The van der Waals surface area contributed by atoms with Gasteiger partial charge in [0.25, 0.3) is 0 Å². The first-order chi connectivity index (χ1) is 6.22. The van der Waals surface area contributed by atoms with Gasteiger partial charge in [0, 0.05) is 11.8 Å². The van der Waals surface area contributed by atoms with E-state index in [4.69, 9.17) is 14.9 Å². The molecule has 2 heterocycles. The van der Waals surface area contributed by atoms with Crippen LogP contribution >= 0.6 is 0 Å². The van der Waals surface area contributed by atoms with Crippen LogP contribution in [0.1, 0.15) is 19.8 Å². The highest BCUT2D eigenvalue weighted by molar-refractivity contribution is 4.82. The Bertz CT molecular complexity index is 127. The predicted molar refractivity (Wildman–Crippen MR) is 47.2 cm³/mol. The topological polar surface area (TPSA) is 58.9 Å². The summed E-state index contributed by atoms with van der Waals surface area (Å²) in [6.07, 6.45) is 1.42. The highest BCUT2D eigenvalue weighted by Gasteiger charge is 2.35. The number of hydrogen-bond donors (Lipinski definition) is 2. The van der Waals surface area contributed by atoms with Crippen LogP contribution in [0.3, 0.4) is 0 Å². The predicted octanol–water partition coefficient (Wildman–Crippen LogP) is 0.130. The van der Waals surface area contributed by atoms with Crippen molar-refractivity contribution in [2.24, 2.45) is 5.41 Å². The molecule has 2 rings (SSSR count). The molecule has 0 bridgehead atoms. The van der Waals surface area contributed by atoms with Gasteiger partial charge in [-0.2, -0.15) is 0 Å². The Balaban J connectivity index is 0.000000145. The van der Waals surface area contributed by atoms with Gasteiger partial charge in [0.1, 0.15) is 0 Å². The summed E-state index contributed by atoms with van der Waals surface area (Å²) in [5, 5.41) is 17.0. The van der Waals surface area contributed by atoms with Gasteiger partial charge in [-0.05, 0) is 6.42 Å². The molecular formula is C9H18O4. The van der Waals surface area contributed by atoms with Crippen LogP contribution in [0.25, 0.3) is 0 Å². The van der Waals surface area contributed by atoms with Gasteiger partial charge in [-0.1, -0.05) is 6.92 Å². The van der Waals surface area contributed by atoms with Gasteiger partial charge < -0.3 is 19.7 Å². The van der Waals surface area contributed by atoms with E-state index in [1.54, 1.807) is 0 Å². The molecule has 0 amide bonds. The van der Waals surface area contributed by atoms with Gasteiger partial charge in [-0.3, -0.25) is 0 Å². The van der Waals surface area contributed by atoms with Crippen molar-refractivity contribution in [1.82, 2.24) is 0 Å². The Labute approximate surface area is 78.5 Å². The van der Waals surface area contributed by atoms with Gasteiger partial charge in [0.2, 0.25) is 0 Å². The van der Waals surface area contributed by atoms with E-state index in [-0.39, 0.29) is 12.0 Å². The lowest BCUT2D eigenvalue weighted by Crippen LogP contribution is -2.44. The zero-order valence-corrected chi connectivity index (χ0v) is 8.03. The van der Waals surface area contributed by atoms with Crippen molar-refractivity contribution < 1.29 is 19.7 Å². The third-order valence-corrected chi connectivity index (χ3v) is 2.58. The quantitative estimate of drug-likeness (QED) is 0.650. The van der Waals surface area contributed by atoms with Crippen LogP contribution < -0.4 is 0 Å². The maximum Gasteiger partial charge on any atom is 0.156 e. The molecule has 4 heteroatoms. The van der Waals surface area contributed by atoms with Crippen molar-refractivity contribution in [3.63, 3.8) is 0 Å². The van der Waals surface area contributed by atoms with Crippen molar-refractivity contribution in [3.8, 4) is 0 Å². The van der Waals surface area contributed by atoms with Crippen LogP contribution in [-0.4, -0.2) is 42.9 Å². The summed E-state index contributed by atoms with van der Waals surface area (Å²) in [6, 6.07) is 0. The average Bonchev–Trinajstić information content (AvgIpc) is 2.02. The summed E-state index contributed by atoms with van der Waals surface area (Å²) >= 11 is 0. The van der Waals surface area contributed by atoms with Crippen molar-refractivity contribution >= 4 is 0 Å². The second-order valence-corrected chi connectivity index (χ2v) is 3.62. The Morgan fingerprint density at radius 2 is 2.00 bits per heavy atom. The van der Waals surface area contributed by atoms with Crippen LogP contribution in [-0.2, 0) is 9.47 Å². The van der Waals surface area contributed by atoms with E-state index < -0.39 is 6.29 Å². The lowest BCUT2D eigenvalue weighted by Gasteiger charge is -2.38. The SMILES string of the molecule is CCC1(CO)COC1.OC1CCO1. The smallest absolute Gasteiger partial charge is 0.156 e. The zero-order valence-electron chi connectivity index (χ0n) is 8.03. The van der Waals surface area contributed by atoms with E-state index in [2.05, 4.69) is 11.7 Å². The Kier molecular flexibility index (Phi) is 4.12. The van der Waals surface area contributed by atoms with Crippen LogP contribution in [0.2, 0.25) is 0 Å². The standard InChI is InChI=1S/C6H12O2.C3H6O2/c1-2-6(3-7)4-8-5-6;4-3-1-2-5-3/h7H,2-5H2,1H3;3-4H,1-2H2. The van der Waals surface area contributed by atoms with E-state index in [0.717, 1.165) is 32.7 Å². The lowest BCUT2D eigenvalue weighted by atomic mass is 9.84. The first kappa shape index (κ1) is 10.9. The molecule has 0 saturated carbocycles. The normalized spacial score (nSPS) is 29.3. The second kappa shape index (κ2) is 4.91. The van der Waals surface area contributed by atoms with Gasteiger partial charge in [0.15, 0.2) is 6.29 Å². The Morgan fingerprint density at radius 3 is 2.00 bits per heavy atom. The minimum absolute atomic E-state index is 0.139. The number of aliphatic hydroxyl groups excluding tert-OH is 2. The molecular weight excluding hydrogens is 172 g/mol. The molecule has 2 aliphatic heterocycles. The monoisotopic (exact) mass is 190 g/mol. The molecule has 0 aromatic rings. The van der Waals surface area contributed by atoms with Crippen LogP contribution in [0, 0.1) is 5.41 Å². The molecule has 0 radical (unpaired) electrons. The molecule has 2 aliphatic rings. The highest BCUT2D eigenvalue weighted by Crippen LogP contribution is 2.29. The van der Waals surface area contributed by atoms with E-state index in [0.29, 0.717) is 0 Å². The average molecular weight is 190 g/mol. The molecule has 4 nitrogen and oxygen atoms in total. The third kappa shape index (κ3) is 2.91. The molecule has 0 aromatic heterocycles. The fourth-order valence-electron chi connectivity index (χ4n) is 1.02.